The van der Waals surface area contributed by atoms with E-state index in [2.05, 4.69) is 9.72 Å². The number of ether oxygens (including phenoxy) is 1. The van der Waals surface area contributed by atoms with Crippen LogP contribution in [0.4, 0.5) is 5.82 Å². The molecule has 3 aromatic rings. The molecule has 6 heteroatoms. The van der Waals surface area contributed by atoms with Gasteiger partial charge in [-0.2, -0.15) is 0 Å². The van der Waals surface area contributed by atoms with Crippen LogP contribution in [0.5, 0.6) is 0 Å². The number of nitrogens with zero attached hydrogens (tertiary/aromatic N) is 2. The van der Waals surface area contributed by atoms with Crippen LogP contribution in [0.2, 0.25) is 0 Å². The van der Waals surface area contributed by atoms with E-state index in [1.807, 2.05) is 38.4 Å². The lowest BCUT2D eigenvalue weighted by Gasteiger charge is -2.15. The highest BCUT2D eigenvalue weighted by Crippen LogP contribution is 2.30. The summed E-state index contributed by atoms with van der Waals surface area (Å²) >= 11 is 0. The Bertz CT molecular complexity index is 944. The van der Waals surface area contributed by atoms with Crippen molar-refractivity contribution in [3.8, 4) is 0 Å². The van der Waals surface area contributed by atoms with Crippen molar-refractivity contribution in [2.24, 2.45) is 0 Å². The van der Waals surface area contributed by atoms with E-state index in [1.165, 1.54) is 13.2 Å². The molecule has 22 heavy (non-hydrogen) atoms. The molecule has 2 heterocycles. The van der Waals surface area contributed by atoms with Crippen LogP contribution in [0.3, 0.4) is 0 Å². The molecule has 0 saturated carbocycles. The summed E-state index contributed by atoms with van der Waals surface area (Å²) in [5.41, 5.74) is 0.259. The van der Waals surface area contributed by atoms with Crippen molar-refractivity contribution in [1.82, 2.24) is 4.98 Å². The van der Waals surface area contributed by atoms with E-state index >= 15 is 0 Å². The first-order valence-corrected chi connectivity index (χ1v) is 6.65. The molecule has 3 rings (SSSR count). The molecule has 2 aromatic heterocycles. The lowest BCUT2D eigenvalue weighted by Crippen LogP contribution is -2.17. The molecule has 0 aliphatic carbocycles. The van der Waals surface area contributed by atoms with Crippen LogP contribution in [0.25, 0.3) is 21.9 Å². The predicted octanol–water partition coefficient (Wildman–Crippen LogP) is 2.19. The largest absolute Gasteiger partial charge is 0.465 e. The average molecular weight is 298 g/mol. The smallest absolute Gasteiger partial charge is 0.351 e. The normalized spacial score (nSPS) is 10.9. The van der Waals surface area contributed by atoms with Gasteiger partial charge in [-0.05, 0) is 18.2 Å². The van der Waals surface area contributed by atoms with Crippen molar-refractivity contribution < 1.29 is 13.9 Å². The molecule has 6 nitrogen and oxygen atoms in total. The lowest BCUT2D eigenvalue weighted by molar-refractivity contribution is 0.0596. The number of hydrogen-bond donors (Lipinski definition) is 0. The summed E-state index contributed by atoms with van der Waals surface area (Å²) in [4.78, 5) is 30.1. The molecule has 0 atom stereocenters. The predicted molar refractivity (Wildman–Crippen MR) is 83.5 cm³/mol. The van der Waals surface area contributed by atoms with Gasteiger partial charge in [0.25, 0.3) is 0 Å². The molecule has 0 aliphatic heterocycles. The number of carbonyl (C=O) groups is 1. The average Bonchev–Trinajstić information content (AvgIpc) is 2.52. The molecular weight excluding hydrogens is 284 g/mol. The number of esters is 1. The number of carbonyl (C=O) groups excluding carboxylic acids is 1. The summed E-state index contributed by atoms with van der Waals surface area (Å²) < 4.78 is 10.0. The Morgan fingerprint density at radius 2 is 1.95 bits per heavy atom. The number of fused-ring (bicyclic) bond motifs is 3. The Balaban J connectivity index is 2.50. The monoisotopic (exact) mass is 298 g/mol. The number of anilines is 1. The van der Waals surface area contributed by atoms with E-state index < -0.39 is 11.6 Å². The van der Waals surface area contributed by atoms with E-state index in [4.69, 9.17) is 4.42 Å². The van der Waals surface area contributed by atoms with E-state index in [9.17, 15) is 9.59 Å². The highest BCUT2D eigenvalue weighted by molar-refractivity contribution is 6.08. The maximum absolute atomic E-state index is 12.1. The van der Waals surface area contributed by atoms with Gasteiger partial charge in [-0.3, -0.25) is 0 Å². The summed E-state index contributed by atoms with van der Waals surface area (Å²) in [6, 6.07) is 8.84. The van der Waals surface area contributed by atoms with Crippen molar-refractivity contribution in [1.29, 1.82) is 0 Å². The molecule has 0 radical (unpaired) electrons. The maximum Gasteiger partial charge on any atom is 0.351 e. The first-order valence-electron chi connectivity index (χ1n) is 6.65. The molecule has 0 spiro atoms. The molecule has 0 amide bonds. The molecule has 0 fully saturated rings. The quantitative estimate of drug-likeness (QED) is 0.533. The van der Waals surface area contributed by atoms with Gasteiger partial charge in [-0.15, -0.1) is 0 Å². The minimum Gasteiger partial charge on any atom is -0.465 e. The topological polar surface area (TPSA) is 72.6 Å². The number of pyridine rings is 1. The minimum atomic E-state index is -0.728. The molecule has 0 unspecified atom stereocenters. The Morgan fingerprint density at radius 1 is 1.23 bits per heavy atom. The maximum atomic E-state index is 12.1. The Labute approximate surface area is 125 Å². The van der Waals surface area contributed by atoms with Crippen LogP contribution in [-0.2, 0) is 4.74 Å². The van der Waals surface area contributed by atoms with Gasteiger partial charge in [-0.1, -0.05) is 12.1 Å². The van der Waals surface area contributed by atoms with Crippen molar-refractivity contribution in [2.75, 3.05) is 26.1 Å². The first-order chi connectivity index (χ1) is 10.5. The molecule has 0 aliphatic rings. The van der Waals surface area contributed by atoms with Crippen LogP contribution in [0, 0.1) is 0 Å². The lowest BCUT2D eigenvalue weighted by atomic mass is 10.1. The summed E-state index contributed by atoms with van der Waals surface area (Å²) in [6.07, 6.45) is 0. The fourth-order valence-electron chi connectivity index (χ4n) is 2.37. The van der Waals surface area contributed by atoms with Crippen molar-refractivity contribution in [2.45, 2.75) is 0 Å². The Morgan fingerprint density at radius 3 is 2.64 bits per heavy atom. The van der Waals surface area contributed by atoms with Gasteiger partial charge in [0.05, 0.1) is 18.0 Å². The van der Waals surface area contributed by atoms with Gasteiger partial charge < -0.3 is 14.1 Å². The molecule has 0 N–H and O–H groups in total. The number of para-hydroxylation sites is 1. The second-order valence-electron chi connectivity index (χ2n) is 5.03. The number of aromatic nitrogens is 1. The third kappa shape index (κ3) is 2.09. The van der Waals surface area contributed by atoms with Crippen LogP contribution in [0.1, 0.15) is 10.4 Å². The second-order valence-corrected chi connectivity index (χ2v) is 5.03. The Hall–Kier alpha value is -2.89. The van der Waals surface area contributed by atoms with E-state index in [0.717, 1.165) is 5.39 Å². The molecule has 1 aromatic carbocycles. The van der Waals surface area contributed by atoms with Gasteiger partial charge in [0.15, 0.2) is 5.58 Å². The van der Waals surface area contributed by atoms with Gasteiger partial charge in [0.1, 0.15) is 11.4 Å². The fraction of sp³-hybridized carbons (Fsp3) is 0.188. The number of methoxy groups -OCH3 is 1. The molecule has 0 saturated heterocycles. The van der Waals surface area contributed by atoms with Crippen LogP contribution >= 0.6 is 0 Å². The standard InChI is InChI=1S/C16H14N2O4/c1-18(2)14-10-8-11(15(19)21-3)16(20)22-13(10)9-6-4-5-7-12(9)17-14/h4-8H,1-3H3. The summed E-state index contributed by atoms with van der Waals surface area (Å²) in [5, 5.41) is 1.31. The van der Waals surface area contributed by atoms with Gasteiger partial charge in [-0.25, -0.2) is 14.6 Å². The molecule has 0 bridgehead atoms. The molecule has 112 valence electrons. The number of rotatable bonds is 2. The minimum absolute atomic E-state index is 0.143. The summed E-state index contributed by atoms with van der Waals surface area (Å²) in [5.74, 6) is -0.115. The SMILES string of the molecule is COC(=O)c1cc2c(N(C)C)nc3ccccc3c2oc1=O. The van der Waals surface area contributed by atoms with Gasteiger partial charge in [0, 0.05) is 19.5 Å². The van der Waals surface area contributed by atoms with Crippen LogP contribution in [-0.4, -0.2) is 32.2 Å². The molecular formula is C16H14N2O4. The number of hydrogen-bond acceptors (Lipinski definition) is 6. The van der Waals surface area contributed by atoms with Crippen LogP contribution in [0.15, 0.2) is 39.5 Å². The third-order valence-electron chi connectivity index (χ3n) is 3.39. The zero-order chi connectivity index (χ0) is 15.9. The van der Waals surface area contributed by atoms with Crippen molar-refractivity contribution in [3.05, 3.63) is 46.3 Å². The zero-order valence-electron chi connectivity index (χ0n) is 12.4. The fourth-order valence-corrected chi connectivity index (χ4v) is 2.37. The summed E-state index contributed by atoms with van der Waals surface area (Å²) in [7, 11) is 4.89. The highest BCUT2D eigenvalue weighted by atomic mass is 16.5. The van der Waals surface area contributed by atoms with E-state index in [1.54, 1.807) is 4.90 Å². The van der Waals surface area contributed by atoms with E-state index in [0.29, 0.717) is 22.3 Å². The third-order valence-corrected chi connectivity index (χ3v) is 3.39. The van der Waals surface area contributed by atoms with Crippen LogP contribution < -0.4 is 10.5 Å². The van der Waals surface area contributed by atoms with E-state index in [-0.39, 0.29) is 5.56 Å². The highest BCUT2D eigenvalue weighted by Gasteiger charge is 2.19. The zero-order valence-corrected chi connectivity index (χ0v) is 12.4. The van der Waals surface area contributed by atoms with Gasteiger partial charge >= 0.3 is 11.6 Å². The van der Waals surface area contributed by atoms with Crippen molar-refractivity contribution in [3.63, 3.8) is 0 Å². The van der Waals surface area contributed by atoms with Gasteiger partial charge in [0.2, 0.25) is 0 Å². The Kier molecular flexibility index (Phi) is 3.29. The number of benzene rings is 1. The first kappa shape index (κ1) is 14.1. The van der Waals surface area contributed by atoms with Crippen molar-refractivity contribution >= 4 is 33.7 Å². The second kappa shape index (κ2) is 5.14. The summed E-state index contributed by atoms with van der Waals surface area (Å²) in [6.45, 7) is 0.